The summed E-state index contributed by atoms with van der Waals surface area (Å²) in [5, 5.41) is 0. The van der Waals surface area contributed by atoms with Crippen molar-refractivity contribution in [3.8, 4) is 0 Å². The van der Waals surface area contributed by atoms with E-state index in [0.29, 0.717) is 5.69 Å². The molecule has 0 bridgehead atoms. The lowest BCUT2D eigenvalue weighted by atomic mass is 10.2. The van der Waals surface area contributed by atoms with Crippen molar-refractivity contribution in [2.24, 2.45) is 0 Å². The molecule has 1 aromatic carbocycles. The van der Waals surface area contributed by atoms with E-state index in [-0.39, 0.29) is 18.2 Å². The van der Waals surface area contributed by atoms with E-state index >= 15 is 0 Å². The molecule has 20 heavy (non-hydrogen) atoms. The molecule has 6 nitrogen and oxygen atoms in total. The number of sulfone groups is 1. The van der Waals surface area contributed by atoms with Gasteiger partial charge in [-0.1, -0.05) is 18.2 Å². The molecule has 3 amide bonds. The molecule has 1 aliphatic heterocycles. The van der Waals surface area contributed by atoms with Crippen LogP contribution in [0.15, 0.2) is 30.3 Å². The van der Waals surface area contributed by atoms with Crippen molar-refractivity contribution < 1.29 is 18.0 Å². The number of carbonyl (C=O) groups excluding carboxylic acids is 2. The average Bonchev–Trinajstić information content (AvgIpc) is 2.59. The van der Waals surface area contributed by atoms with E-state index in [0.717, 1.165) is 11.2 Å². The smallest absolute Gasteiger partial charge is 0.282 e. The number of hydrogen-bond acceptors (Lipinski definition) is 4. The number of amides is 3. The Morgan fingerprint density at radius 3 is 2.30 bits per heavy atom. The minimum Gasteiger partial charge on any atom is -0.282 e. The molecule has 0 saturated carbocycles. The van der Waals surface area contributed by atoms with E-state index < -0.39 is 21.9 Å². The van der Waals surface area contributed by atoms with Crippen molar-refractivity contribution in [3.05, 3.63) is 30.3 Å². The molecule has 7 heteroatoms. The van der Waals surface area contributed by atoms with E-state index in [1.165, 1.54) is 4.90 Å². The molecular formula is C13H16N2O4S. The highest BCUT2D eigenvalue weighted by Crippen LogP contribution is 2.25. The number of urea groups is 1. The van der Waals surface area contributed by atoms with E-state index in [1.54, 1.807) is 31.2 Å². The zero-order valence-corrected chi connectivity index (χ0v) is 12.1. The molecule has 108 valence electrons. The number of nitrogens with zero attached hydrogens (tertiary/aromatic N) is 2. The first-order chi connectivity index (χ1) is 9.31. The van der Waals surface area contributed by atoms with E-state index in [4.69, 9.17) is 0 Å². The van der Waals surface area contributed by atoms with Crippen LogP contribution in [-0.2, 0) is 14.6 Å². The van der Waals surface area contributed by atoms with Crippen LogP contribution < -0.4 is 4.90 Å². The number of benzene rings is 1. The molecule has 1 atom stereocenters. The first-order valence-electron chi connectivity index (χ1n) is 6.18. The van der Waals surface area contributed by atoms with Gasteiger partial charge in [0.05, 0.1) is 5.75 Å². The summed E-state index contributed by atoms with van der Waals surface area (Å²) in [6.45, 7) is 1.53. The van der Waals surface area contributed by atoms with Crippen molar-refractivity contribution in [3.63, 3.8) is 0 Å². The van der Waals surface area contributed by atoms with Gasteiger partial charge in [-0.2, -0.15) is 0 Å². The highest BCUT2D eigenvalue weighted by atomic mass is 32.2. The van der Waals surface area contributed by atoms with Gasteiger partial charge in [0.25, 0.3) is 5.91 Å². The zero-order valence-electron chi connectivity index (χ0n) is 11.3. The monoisotopic (exact) mass is 296 g/mol. The van der Waals surface area contributed by atoms with Gasteiger partial charge in [0, 0.05) is 18.5 Å². The highest BCUT2D eigenvalue weighted by molar-refractivity contribution is 7.90. The maximum Gasteiger partial charge on any atom is 0.332 e. The van der Waals surface area contributed by atoms with Crippen molar-refractivity contribution in [1.82, 2.24) is 4.90 Å². The SMILES string of the molecule is CC1C(=O)N(CCS(C)(=O)=O)C(=O)N1c1ccccc1. The topological polar surface area (TPSA) is 74.8 Å². The Bertz CT molecular complexity index is 627. The molecular weight excluding hydrogens is 280 g/mol. The molecule has 1 saturated heterocycles. The summed E-state index contributed by atoms with van der Waals surface area (Å²) in [5.41, 5.74) is 0.625. The molecule has 1 aliphatic rings. The van der Waals surface area contributed by atoms with Gasteiger partial charge in [-0.15, -0.1) is 0 Å². The van der Waals surface area contributed by atoms with Gasteiger partial charge in [-0.25, -0.2) is 13.2 Å². The van der Waals surface area contributed by atoms with Crippen LogP contribution in [0.25, 0.3) is 0 Å². The third-order valence-electron chi connectivity index (χ3n) is 3.17. The maximum atomic E-state index is 12.3. The van der Waals surface area contributed by atoms with Gasteiger partial charge < -0.3 is 0 Å². The summed E-state index contributed by atoms with van der Waals surface area (Å²) in [6.07, 6.45) is 1.08. The van der Waals surface area contributed by atoms with Gasteiger partial charge in [0.15, 0.2) is 0 Å². The van der Waals surface area contributed by atoms with Gasteiger partial charge in [0.2, 0.25) is 0 Å². The van der Waals surface area contributed by atoms with Gasteiger partial charge in [-0.3, -0.25) is 14.6 Å². The Hall–Kier alpha value is -1.89. The van der Waals surface area contributed by atoms with Crippen LogP contribution in [-0.4, -0.2) is 49.9 Å². The molecule has 0 aromatic heterocycles. The minimum atomic E-state index is -3.22. The maximum absolute atomic E-state index is 12.3. The minimum absolute atomic E-state index is 0.107. The fourth-order valence-electron chi connectivity index (χ4n) is 2.11. The number of anilines is 1. The highest BCUT2D eigenvalue weighted by Gasteiger charge is 2.43. The molecule has 1 aromatic rings. The molecule has 1 fully saturated rings. The van der Waals surface area contributed by atoms with Crippen molar-refractivity contribution in [2.75, 3.05) is 23.5 Å². The predicted octanol–water partition coefficient (Wildman–Crippen LogP) is 0.888. The number of imide groups is 1. The van der Waals surface area contributed by atoms with Crippen LogP contribution in [0.1, 0.15) is 6.92 Å². The standard InChI is InChI=1S/C13H16N2O4S/c1-10-12(16)14(8-9-20(2,18)19)13(17)15(10)11-6-4-3-5-7-11/h3-7,10H,8-9H2,1-2H3. The third-order valence-corrected chi connectivity index (χ3v) is 4.09. The van der Waals surface area contributed by atoms with Crippen LogP contribution in [0.3, 0.4) is 0 Å². The number of hydrogen-bond donors (Lipinski definition) is 0. The molecule has 1 unspecified atom stereocenters. The summed E-state index contributed by atoms with van der Waals surface area (Å²) in [5.74, 6) is -0.595. The summed E-state index contributed by atoms with van der Waals surface area (Å²) >= 11 is 0. The Balaban J connectivity index is 2.22. The van der Waals surface area contributed by atoms with Gasteiger partial charge >= 0.3 is 6.03 Å². The summed E-state index contributed by atoms with van der Waals surface area (Å²) in [6, 6.07) is 7.75. The fourth-order valence-corrected chi connectivity index (χ4v) is 2.63. The Morgan fingerprint density at radius 1 is 1.15 bits per heavy atom. The van der Waals surface area contributed by atoms with Gasteiger partial charge in [-0.05, 0) is 19.1 Å². The lowest BCUT2D eigenvalue weighted by Gasteiger charge is -2.19. The van der Waals surface area contributed by atoms with Crippen LogP contribution >= 0.6 is 0 Å². The molecule has 0 spiro atoms. The molecule has 0 N–H and O–H groups in total. The van der Waals surface area contributed by atoms with E-state index in [2.05, 4.69) is 0 Å². The second-order valence-electron chi connectivity index (χ2n) is 4.78. The predicted molar refractivity (Wildman–Crippen MR) is 75.2 cm³/mol. The Kier molecular flexibility index (Phi) is 3.80. The summed E-state index contributed by atoms with van der Waals surface area (Å²) in [4.78, 5) is 26.7. The average molecular weight is 296 g/mol. The number of carbonyl (C=O) groups is 2. The Morgan fingerprint density at radius 2 is 1.75 bits per heavy atom. The van der Waals surface area contributed by atoms with Crippen LogP contribution in [0.4, 0.5) is 10.5 Å². The van der Waals surface area contributed by atoms with E-state index in [1.807, 2.05) is 6.07 Å². The molecule has 2 rings (SSSR count). The lowest BCUT2D eigenvalue weighted by Crippen LogP contribution is -2.36. The third kappa shape index (κ3) is 2.82. The number of rotatable bonds is 4. The van der Waals surface area contributed by atoms with Crippen LogP contribution in [0.5, 0.6) is 0 Å². The lowest BCUT2D eigenvalue weighted by molar-refractivity contribution is -0.126. The molecule has 0 aliphatic carbocycles. The second kappa shape index (κ2) is 5.24. The van der Waals surface area contributed by atoms with Crippen molar-refractivity contribution in [2.45, 2.75) is 13.0 Å². The van der Waals surface area contributed by atoms with E-state index in [9.17, 15) is 18.0 Å². The number of para-hydroxylation sites is 1. The van der Waals surface area contributed by atoms with Crippen molar-refractivity contribution >= 4 is 27.5 Å². The second-order valence-corrected chi connectivity index (χ2v) is 7.04. The van der Waals surface area contributed by atoms with Gasteiger partial charge in [0.1, 0.15) is 15.9 Å². The first-order valence-corrected chi connectivity index (χ1v) is 8.24. The summed E-state index contributed by atoms with van der Waals surface area (Å²) in [7, 11) is -3.22. The largest absolute Gasteiger partial charge is 0.332 e. The van der Waals surface area contributed by atoms with Crippen LogP contribution in [0.2, 0.25) is 0 Å². The van der Waals surface area contributed by atoms with Crippen LogP contribution in [0, 0.1) is 0 Å². The quantitative estimate of drug-likeness (QED) is 0.773. The van der Waals surface area contributed by atoms with Crippen molar-refractivity contribution in [1.29, 1.82) is 0 Å². The normalized spacial score (nSPS) is 19.8. The Labute approximate surface area is 117 Å². The zero-order chi connectivity index (χ0) is 14.9. The summed E-state index contributed by atoms with van der Waals surface area (Å²) < 4.78 is 22.3. The molecule has 1 heterocycles. The fraction of sp³-hybridized carbons (Fsp3) is 0.385. The molecule has 0 radical (unpaired) electrons. The first kappa shape index (κ1) is 14.5.